The lowest BCUT2D eigenvalue weighted by atomic mass is 10.1. The van der Waals surface area contributed by atoms with Crippen LogP contribution in [0, 0.1) is 0 Å². The van der Waals surface area contributed by atoms with Gasteiger partial charge < -0.3 is 15.2 Å². The average Bonchev–Trinajstić information content (AvgIpc) is 2.48. The number of benzene rings is 2. The number of carbonyl (C=O) groups excluding carboxylic acids is 1. The van der Waals surface area contributed by atoms with Crippen LogP contribution in [0.2, 0.25) is 0 Å². The molecule has 0 aromatic heterocycles. The molecule has 110 valence electrons. The predicted molar refractivity (Wildman–Crippen MR) is 82.6 cm³/mol. The summed E-state index contributed by atoms with van der Waals surface area (Å²) in [7, 11) is 0. The van der Waals surface area contributed by atoms with Gasteiger partial charge in [0.15, 0.2) is 0 Å². The molecule has 2 N–H and O–H groups in total. The first-order valence-corrected chi connectivity index (χ1v) is 6.93. The van der Waals surface area contributed by atoms with Gasteiger partial charge >= 0.3 is 0 Å². The van der Waals surface area contributed by atoms with E-state index in [1.807, 2.05) is 25.1 Å². The molecule has 0 aliphatic carbocycles. The van der Waals surface area contributed by atoms with Gasteiger partial charge in [-0.3, -0.25) is 4.79 Å². The molecule has 4 heteroatoms. The van der Waals surface area contributed by atoms with Crippen LogP contribution in [0.4, 0.5) is 5.69 Å². The van der Waals surface area contributed by atoms with Gasteiger partial charge in [0, 0.05) is 16.8 Å². The highest BCUT2D eigenvalue weighted by Crippen LogP contribution is 2.23. The number of anilines is 1. The van der Waals surface area contributed by atoms with Crippen LogP contribution in [0.25, 0.3) is 0 Å². The highest BCUT2D eigenvalue weighted by molar-refractivity contribution is 6.04. The van der Waals surface area contributed by atoms with E-state index in [0.29, 0.717) is 29.2 Å². The van der Waals surface area contributed by atoms with E-state index >= 15 is 0 Å². The minimum atomic E-state index is -0.642. The molecule has 0 saturated heterocycles. The van der Waals surface area contributed by atoms with E-state index in [0.717, 1.165) is 0 Å². The van der Waals surface area contributed by atoms with Gasteiger partial charge in [0.2, 0.25) is 0 Å². The van der Waals surface area contributed by atoms with Crippen molar-refractivity contribution >= 4 is 11.6 Å². The summed E-state index contributed by atoms with van der Waals surface area (Å²) >= 11 is 0. The first-order chi connectivity index (χ1) is 10.1. The van der Waals surface area contributed by atoms with Crippen LogP contribution in [0.5, 0.6) is 5.75 Å². The summed E-state index contributed by atoms with van der Waals surface area (Å²) in [6.45, 7) is 4.11. The molecule has 0 saturated carbocycles. The van der Waals surface area contributed by atoms with Gasteiger partial charge in [-0.1, -0.05) is 24.3 Å². The Morgan fingerprint density at radius 1 is 1.24 bits per heavy atom. The highest BCUT2D eigenvalue weighted by Gasteiger charge is 2.12. The SMILES string of the molecule is CCOc1cccc(C(=O)Nc2ccccc2[C@@H](C)O)c1. The Kier molecular flexibility index (Phi) is 4.95. The molecule has 4 nitrogen and oxygen atoms in total. The zero-order valence-corrected chi connectivity index (χ0v) is 12.2. The first kappa shape index (κ1) is 15.1. The summed E-state index contributed by atoms with van der Waals surface area (Å²) in [5.41, 5.74) is 1.81. The summed E-state index contributed by atoms with van der Waals surface area (Å²) in [5, 5.41) is 12.6. The van der Waals surface area contributed by atoms with Crippen LogP contribution < -0.4 is 10.1 Å². The number of aliphatic hydroxyl groups is 1. The molecule has 0 aliphatic rings. The van der Waals surface area contributed by atoms with Crippen LogP contribution in [-0.2, 0) is 0 Å². The predicted octanol–water partition coefficient (Wildman–Crippen LogP) is 3.39. The Morgan fingerprint density at radius 3 is 2.71 bits per heavy atom. The molecular weight excluding hydrogens is 266 g/mol. The summed E-state index contributed by atoms with van der Waals surface area (Å²) in [6.07, 6.45) is -0.642. The van der Waals surface area contributed by atoms with Crippen molar-refractivity contribution in [2.45, 2.75) is 20.0 Å². The standard InChI is InChI=1S/C17H19NO3/c1-3-21-14-8-6-7-13(11-14)17(20)18-16-10-5-4-9-15(16)12(2)19/h4-12,19H,3H2,1-2H3,(H,18,20)/t12-/m1/s1. The molecule has 1 atom stereocenters. The van der Waals surface area contributed by atoms with Gasteiger partial charge in [-0.05, 0) is 38.1 Å². The van der Waals surface area contributed by atoms with Gasteiger partial charge in [0.1, 0.15) is 5.75 Å². The van der Waals surface area contributed by atoms with Gasteiger partial charge in [0.05, 0.1) is 12.7 Å². The number of hydrogen-bond donors (Lipinski definition) is 2. The quantitative estimate of drug-likeness (QED) is 0.885. The minimum absolute atomic E-state index is 0.232. The number of para-hydroxylation sites is 1. The minimum Gasteiger partial charge on any atom is -0.494 e. The van der Waals surface area contributed by atoms with Gasteiger partial charge in [-0.25, -0.2) is 0 Å². The lowest BCUT2D eigenvalue weighted by Crippen LogP contribution is -2.14. The van der Waals surface area contributed by atoms with Crippen molar-refractivity contribution in [2.75, 3.05) is 11.9 Å². The van der Waals surface area contributed by atoms with E-state index in [1.165, 1.54) is 0 Å². The smallest absolute Gasteiger partial charge is 0.255 e. The third kappa shape index (κ3) is 3.83. The number of rotatable bonds is 5. The molecular formula is C17H19NO3. The maximum absolute atomic E-state index is 12.3. The molecule has 1 amide bonds. The van der Waals surface area contributed by atoms with Crippen molar-refractivity contribution in [1.82, 2.24) is 0 Å². The Balaban J connectivity index is 2.20. The number of ether oxygens (including phenoxy) is 1. The Labute approximate surface area is 124 Å². The molecule has 0 aliphatic heterocycles. The fourth-order valence-corrected chi connectivity index (χ4v) is 2.06. The maximum Gasteiger partial charge on any atom is 0.255 e. The lowest BCUT2D eigenvalue weighted by Gasteiger charge is -2.13. The molecule has 0 bridgehead atoms. The zero-order chi connectivity index (χ0) is 15.2. The van der Waals surface area contributed by atoms with Crippen molar-refractivity contribution in [3.05, 3.63) is 59.7 Å². The van der Waals surface area contributed by atoms with Crippen LogP contribution in [0.1, 0.15) is 35.9 Å². The van der Waals surface area contributed by atoms with Crippen LogP contribution >= 0.6 is 0 Å². The Morgan fingerprint density at radius 2 is 2.00 bits per heavy atom. The van der Waals surface area contributed by atoms with E-state index in [-0.39, 0.29) is 5.91 Å². The molecule has 2 aromatic rings. The molecule has 2 rings (SSSR count). The second-order valence-electron chi connectivity index (χ2n) is 4.68. The van der Waals surface area contributed by atoms with E-state index < -0.39 is 6.10 Å². The van der Waals surface area contributed by atoms with Crippen molar-refractivity contribution in [2.24, 2.45) is 0 Å². The van der Waals surface area contributed by atoms with Gasteiger partial charge in [-0.15, -0.1) is 0 Å². The second-order valence-corrected chi connectivity index (χ2v) is 4.68. The van der Waals surface area contributed by atoms with Crippen molar-refractivity contribution < 1.29 is 14.6 Å². The van der Waals surface area contributed by atoms with Crippen molar-refractivity contribution in [3.63, 3.8) is 0 Å². The summed E-state index contributed by atoms with van der Waals surface area (Å²) in [4.78, 5) is 12.3. The number of nitrogens with one attached hydrogen (secondary N) is 1. The summed E-state index contributed by atoms with van der Waals surface area (Å²) in [5.74, 6) is 0.429. The third-order valence-electron chi connectivity index (χ3n) is 3.07. The molecule has 0 spiro atoms. The number of carbonyl (C=O) groups is 1. The van der Waals surface area contributed by atoms with Gasteiger partial charge in [0.25, 0.3) is 5.91 Å². The van der Waals surface area contributed by atoms with Crippen molar-refractivity contribution in [1.29, 1.82) is 0 Å². The average molecular weight is 285 g/mol. The van der Waals surface area contributed by atoms with Crippen LogP contribution in [-0.4, -0.2) is 17.6 Å². The van der Waals surface area contributed by atoms with E-state index in [1.54, 1.807) is 37.3 Å². The third-order valence-corrected chi connectivity index (χ3v) is 3.07. The molecule has 0 radical (unpaired) electrons. The van der Waals surface area contributed by atoms with Crippen LogP contribution in [0.3, 0.4) is 0 Å². The first-order valence-electron chi connectivity index (χ1n) is 6.93. The van der Waals surface area contributed by atoms with Crippen LogP contribution in [0.15, 0.2) is 48.5 Å². The number of amides is 1. The van der Waals surface area contributed by atoms with Gasteiger partial charge in [-0.2, -0.15) is 0 Å². The summed E-state index contributed by atoms with van der Waals surface area (Å²) in [6, 6.07) is 14.2. The normalized spacial score (nSPS) is 11.8. The van der Waals surface area contributed by atoms with E-state index in [2.05, 4.69) is 5.32 Å². The maximum atomic E-state index is 12.3. The Hall–Kier alpha value is -2.33. The summed E-state index contributed by atoms with van der Waals surface area (Å²) < 4.78 is 5.39. The second kappa shape index (κ2) is 6.90. The molecule has 2 aromatic carbocycles. The Bertz CT molecular complexity index is 623. The zero-order valence-electron chi connectivity index (χ0n) is 12.2. The molecule has 0 heterocycles. The molecule has 0 unspecified atom stereocenters. The number of hydrogen-bond acceptors (Lipinski definition) is 3. The fraction of sp³-hybridized carbons (Fsp3) is 0.235. The largest absolute Gasteiger partial charge is 0.494 e. The fourth-order valence-electron chi connectivity index (χ4n) is 2.06. The lowest BCUT2D eigenvalue weighted by molar-refractivity contribution is 0.102. The van der Waals surface area contributed by atoms with E-state index in [4.69, 9.17) is 4.74 Å². The van der Waals surface area contributed by atoms with E-state index in [9.17, 15) is 9.90 Å². The topological polar surface area (TPSA) is 58.6 Å². The van der Waals surface area contributed by atoms with Crippen molar-refractivity contribution in [3.8, 4) is 5.75 Å². The molecule has 21 heavy (non-hydrogen) atoms. The monoisotopic (exact) mass is 285 g/mol. The number of aliphatic hydroxyl groups excluding tert-OH is 1. The molecule has 0 fully saturated rings. The highest BCUT2D eigenvalue weighted by atomic mass is 16.5.